The van der Waals surface area contributed by atoms with Crippen molar-refractivity contribution in [3.8, 4) is 5.95 Å². The number of aryl methyl sites for hydroxylation is 4. The van der Waals surface area contributed by atoms with Crippen LogP contribution in [0.2, 0.25) is 0 Å². The maximum absolute atomic E-state index is 13.3. The molecule has 10 nitrogen and oxygen atoms in total. The predicted octanol–water partition coefficient (Wildman–Crippen LogP) is 0.0513. The van der Waals surface area contributed by atoms with Crippen LogP contribution in [-0.4, -0.2) is 66.2 Å². The standard InChI is InChI=1S/C19H27N7O3/c1-5-24-15-16(20-18(24)26-14(3)12-13(2)21-26)22(4)19(28)25(17(15)27)7-6-23-8-10-29-11-9-23/h12H,5-11H2,1-4H3. The molecule has 0 bridgehead atoms. The molecule has 0 aliphatic carbocycles. The van der Waals surface area contributed by atoms with E-state index >= 15 is 0 Å². The van der Waals surface area contributed by atoms with Gasteiger partial charge in [0, 0.05) is 45.5 Å². The lowest BCUT2D eigenvalue weighted by atomic mass is 10.4. The lowest BCUT2D eigenvalue weighted by molar-refractivity contribution is 0.0361. The monoisotopic (exact) mass is 401 g/mol. The Bertz CT molecular complexity index is 1160. The molecule has 0 unspecified atom stereocenters. The lowest BCUT2D eigenvalue weighted by Crippen LogP contribution is -2.44. The highest BCUT2D eigenvalue weighted by molar-refractivity contribution is 5.72. The zero-order valence-electron chi connectivity index (χ0n) is 17.4. The number of rotatable bonds is 5. The fraction of sp³-hybridized carbons (Fsp3) is 0.579. The summed E-state index contributed by atoms with van der Waals surface area (Å²) in [4.78, 5) is 33.0. The van der Waals surface area contributed by atoms with Gasteiger partial charge in [-0.25, -0.2) is 9.48 Å². The van der Waals surface area contributed by atoms with Gasteiger partial charge in [0.15, 0.2) is 11.2 Å². The molecular weight excluding hydrogens is 374 g/mol. The van der Waals surface area contributed by atoms with Crippen LogP contribution >= 0.6 is 0 Å². The first-order valence-corrected chi connectivity index (χ1v) is 9.96. The van der Waals surface area contributed by atoms with Gasteiger partial charge in [0.2, 0.25) is 5.95 Å². The van der Waals surface area contributed by atoms with E-state index in [0.717, 1.165) is 24.5 Å². The average Bonchev–Trinajstić information content (AvgIpc) is 3.26. The zero-order chi connectivity index (χ0) is 20.7. The summed E-state index contributed by atoms with van der Waals surface area (Å²) in [6.45, 7) is 10.3. The topological polar surface area (TPSA) is 92.1 Å². The van der Waals surface area contributed by atoms with E-state index in [1.165, 1.54) is 9.13 Å². The predicted molar refractivity (Wildman–Crippen MR) is 109 cm³/mol. The number of morpholine rings is 1. The molecular formula is C19H27N7O3. The molecule has 3 aromatic rings. The molecule has 3 aromatic heterocycles. The van der Waals surface area contributed by atoms with Gasteiger partial charge in [-0.3, -0.25) is 18.8 Å². The summed E-state index contributed by atoms with van der Waals surface area (Å²) >= 11 is 0. The first kappa shape index (κ1) is 19.6. The molecule has 156 valence electrons. The highest BCUT2D eigenvalue weighted by Crippen LogP contribution is 2.17. The number of ether oxygens (including phenoxy) is 1. The Labute approximate surface area is 167 Å². The Balaban J connectivity index is 1.84. The van der Waals surface area contributed by atoms with Crippen molar-refractivity contribution in [2.45, 2.75) is 33.9 Å². The molecule has 0 saturated carbocycles. The molecule has 10 heteroatoms. The molecule has 1 saturated heterocycles. The molecule has 0 N–H and O–H groups in total. The van der Waals surface area contributed by atoms with Gasteiger partial charge in [0.25, 0.3) is 5.56 Å². The van der Waals surface area contributed by atoms with Crippen LogP contribution in [0.15, 0.2) is 15.7 Å². The minimum Gasteiger partial charge on any atom is -0.379 e. The van der Waals surface area contributed by atoms with Crippen LogP contribution < -0.4 is 11.2 Å². The average molecular weight is 401 g/mol. The molecule has 0 atom stereocenters. The summed E-state index contributed by atoms with van der Waals surface area (Å²) in [5.41, 5.74) is 1.94. The highest BCUT2D eigenvalue weighted by atomic mass is 16.5. The molecule has 4 rings (SSSR count). The van der Waals surface area contributed by atoms with Crippen molar-refractivity contribution in [3.05, 3.63) is 38.3 Å². The quantitative estimate of drug-likeness (QED) is 0.600. The smallest absolute Gasteiger partial charge is 0.332 e. The molecule has 0 amide bonds. The van der Waals surface area contributed by atoms with Crippen molar-refractivity contribution in [1.82, 2.24) is 33.4 Å². The maximum atomic E-state index is 13.3. The van der Waals surface area contributed by atoms with E-state index in [0.29, 0.717) is 50.0 Å². The normalized spacial score (nSPS) is 15.4. The van der Waals surface area contributed by atoms with Gasteiger partial charge in [0.1, 0.15) is 0 Å². The summed E-state index contributed by atoms with van der Waals surface area (Å²) in [5, 5.41) is 4.50. The third-order valence-electron chi connectivity index (χ3n) is 5.47. The summed E-state index contributed by atoms with van der Waals surface area (Å²) in [5.74, 6) is 0.547. The minimum atomic E-state index is -0.351. The Morgan fingerprint density at radius 3 is 2.45 bits per heavy atom. The van der Waals surface area contributed by atoms with Crippen molar-refractivity contribution < 1.29 is 4.74 Å². The first-order chi connectivity index (χ1) is 13.9. The Kier molecular flexibility index (Phi) is 5.13. The second-order valence-corrected chi connectivity index (χ2v) is 7.42. The molecule has 4 heterocycles. The van der Waals surface area contributed by atoms with E-state index in [1.54, 1.807) is 11.7 Å². The number of hydrogen-bond donors (Lipinski definition) is 0. The largest absolute Gasteiger partial charge is 0.379 e. The van der Waals surface area contributed by atoms with E-state index in [-0.39, 0.29) is 11.2 Å². The van der Waals surface area contributed by atoms with Crippen LogP contribution in [0.25, 0.3) is 17.1 Å². The van der Waals surface area contributed by atoms with Crippen molar-refractivity contribution in [1.29, 1.82) is 0 Å². The number of nitrogens with zero attached hydrogens (tertiary/aromatic N) is 7. The summed E-state index contributed by atoms with van der Waals surface area (Å²) in [7, 11) is 1.66. The van der Waals surface area contributed by atoms with E-state index in [1.807, 2.05) is 31.4 Å². The highest BCUT2D eigenvalue weighted by Gasteiger charge is 2.22. The van der Waals surface area contributed by atoms with Crippen LogP contribution in [0.1, 0.15) is 18.3 Å². The van der Waals surface area contributed by atoms with Gasteiger partial charge in [-0.15, -0.1) is 0 Å². The zero-order valence-corrected chi connectivity index (χ0v) is 17.4. The fourth-order valence-electron chi connectivity index (χ4n) is 3.92. The van der Waals surface area contributed by atoms with Crippen LogP contribution in [0, 0.1) is 13.8 Å². The third-order valence-corrected chi connectivity index (χ3v) is 5.47. The number of hydrogen-bond acceptors (Lipinski definition) is 6. The van der Waals surface area contributed by atoms with Crippen LogP contribution in [-0.2, 0) is 24.9 Å². The van der Waals surface area contributed by atoms with Crippen molar-refractivity contribution in [3.63, 3.8) is 0 Å². The molecule has 0 aromatic carbocycles. The minimum absolute atomic E-state index is 0.307. The third kappa shape index (κ3) is 3.32. The Morgan fingerprint density at radius 2 is 1.83 bits per heavy atom. The fourth-order valence-corrected chi connectivity index (χ4v) is 3.92. The van der Waals surface area contributed by atoms with Gasteiger partial charge in [-0.2, -0.15) is 10.1 Å². The second-order valence-electron chi connectivity index (χ2n) is 7.42. The lowest BCUT2D eigenvalue weighted by Gasteiger charge is -2.26. The molecule has 1 fully saturated rings. The summed E-state index contributed by atoms with van der Waals surface area (Å²) in [6.07, 6.45) is 0. The van der Waals surface area contributed by atoms with Crippen molar-refractivity contribution in [2.24, 2.45) is 7.05 Å². The molecule has 0 spiro atoms. The van der Waals surface area contributed by atoms with Crippen molar-refractivity contribution in [2.75, 3.05) is 32.8 Å². The molecule has 1 aliphatic rings. The van der Waals surface area contributed by atoms with Crippen LogP contribution in [0.3, 0.4) is 0 Å². The number of aromatic nitrogens is 6. The Morgan fingerprint density at radius 1 is 1.10 bits per heavy atom. The van der Waals surface area contributed by atoms with Crippen LogP contribution in [0.4, 0.5) is 0 Å². The Hall–Kier alpha value is -2.72. The molecule has 1 aliphatic heterocycles. The summed E-state index contributed by atoms with van der Waals surface area (Å²) in [6, 6.07) is 1.96. The van der Waals surface area contributed by atoms with Gasteiger partial charge >= 0.3 is 5.69 Å². The van der Waals surface area contributed by atoms with Crippen LogP contribution in [0.5, 0.6) is 0 Å². The van der Waals surface area contributed by atoms with Crippen molar-refractivity contribution >= 4 is 11.2 Å². The van der Waals surface area contributed by atoms with Gasteiger partial charge in [-0.05, 0) is 26.8 Å². The number of fused-ring (bicyclic) bond motifs is 1. The second kappa shape index (κ2) is 7.60. The van der Waals surface area contributed by atoms with E-state index < -0.39 is 0 Å². The van der Waals surface area contributed by atoms with E-state index in [4.69, 9.17) is 4.74 Å². The number of imidazole rings is 1. The SMILES string of the molecule is CCn1c(-n2nc(C)cc2C)nc2c1c(=O)n(CCN1CCOCC1)c(=O)n2C. The van der Waals surface area contributed by atoms with E-state index in [2.05, 4.69) is 15.0 Å². The van der Waals surface area contributed by atoms with Gasteiger partial charge in [-0.1, -0.05) is 0 Å². The maximum Gasteiger partial charge on any atom is 0.332 e. The first-order valence-electron chi connectivity index (χ1n) is 9.96. The van der Waals surface area contributed by atoms with Gasteiger partial charge < -0.3 is 9.30 Å². The molecule has 29 heavy (non-hydrogen) atoms. The molecule has 0 radical (unpaired) electrons. The summed E-state index contributed by atoms with van der Waals surface area (Å²) < 4.78 is 11.7. The van der Waals surface area contributed by atoms with E-state index in [9.17, 15) is 9.59 Å². The van der Waals surface area contributed by atoms with Gasteiger partial charge in [0.05, 0.1) is 18.9 Å².